The highest BCUT2D eigenvalue weighted by Crippen LogP contribution is 2.31. The van der Waals surface area contributed by atoms with E-state index in [-0.39, 0.29) is 12.3 Å². The number of rotatable bonds is 4. The Hall–Kier alpha value is -1.50. The number of carbonyl (C=O) groups excluding carboxylic acids is 1. The Bertz CT molecular complexity index is 480. The van der Waals surface area contributed by atoms with Gasteiger partial charge >= 0.3 is 5.97 Å². The molecule has 1 fully saturated rings. The van der Waals surface area contributed by atoms with Gasteiger partial charge in [-0.1, -0.05) is 23.8 Å². The van der Waals surface area contributed by atoms with Crippen LogP contribution in [0, 0.1) is 6.92 Å². The summed E-state index contributed by atoms with van der Waals surface area (Å²) in [4.78, 5) is 23.7. The van der Waals surface area contributed by atoms with Crippen LogP contribution in [0.15, 0.2) is 0 Å². The molecule has 1 aliphatic rings. The Balaban J connectivity index is 2.14. The number of carboxylic acids is 1. The zero-order valence-electron chi connectivity index (χ0n) is 10.8. The molecule has 19 heavy (non-hydrogen) atoms. The van der Waals surface area contributed by atoms with Crippen molar-refractivity contribution in [3.8, 4) is 0 Å². The quantitative estimate of drug-likeness (QED) is 0.878. The Morgan fingerprint density at radius 1 is 1.37 bits per heavy atom. The van der Waals surface area contributed by atoms with Gasteiger partial charge in [-0.25, -0.2) is 0 Å². The lowest BCUT2D eigenvalue weighted by Crippen LogP contribution is -2.51. The molecule has 1 aromatic heterocycles. The molecule has 1 saturated carbocycles. The molecule has 1 amide bonds. The minimum atomic E-state index is -0.874. The summed E-state index contributed by atoms with van der Waals surface area (Å²) in [5.74, 6) is -1.13. The van der Waals surface area contributed by atoms with E-state index >= 15 is 0 Å². The molecule has 0 radical (unpaired) electrons. The van der Waals surface area contributed by atoms with Crippen LogP contribution >= 0.6 is 11.5 Å². The molecular formula is C12H17N3O3S. The van der Waals surface area contributed by atoms with Crippen molar-refractivity contribution in [2.45, 2.75) is 51.0 Å². The maximum Gasteiger partial charge on any atom is 0.305 e. The first-order valence-corrected chi connectivity index (χ1v) is 7.13. The van der Waals surface area contributed by atoms with Crippen molar-refractivity contribution in [2.75, 3.05) is 0 Å². The molecule has 2 N–H and O–H groups in total. The molecule has 104 valence electrons. The molecule has 0 aliphatic heterocycles. The van der Waals surface area contributed by atoms with Crippen LogP contribution in [-0.4, -0.2) is 32.1 Å². The number of aromatic nitrogens is 2. The highest BCUT2D eigenvalue weighted by atomic mass is 32.1. The topological polar surface area (TPSA) is 92.2 Å². The minimum Gasteiger partial charge on any atom is -0.481 e. The second kappa shape index (κ2) is 5.64. The summed E-state index contributed by atoms with van der Waals surface area (Å²) < 4.78 is 3.73. The smallest absolute Gasteiger partial charge is 0.305 e. The van der Waals surface area contributed by atoms with E-state index in [4.69, 9.17) is 5.11 Å². The summed E-state index contributed by atoms with van der Waals surface area (Å²) in [5.41, 5.74) is -0.0267. The van der Waals surface area contributed by atoms with Crippen LogP contribution in [0.2, 0.25) is 0 Å². The van der Waals surface area contributed by atoms with E-state index in [2.05, 4.69) is 14.9 Å². The molecule has 0 bridgehead atoms. The van der Waals surface area contributed by atoms with Gasteiger partial charge in [-0.3, -0.25) is 9.59 Å². The van der Waals surface area contributed by atoms with Crippen LogP contribution in [-0.2, 0) is 4.79 Å². The summed E-state index contributed by atoms with van der Waals surface area (Å²) in [6.45, 7) is 1.73. The molecule has 0 aromatic carbocycles. The molecule has 0 spiro atoms. The SMILES string of the molecule is Cc1nnsc1C(=O)NC1(CC(=O)O)CCCCC1. The fourth-order valence-corrected chi connectivity index (χ4v) is 3.15. The summed E-state index contributed by atoms with van der Waals surface area (Å²) in [7, 11) is 0. The van der Waals surface area contributed by atoms with Gasteiger partial charge in [0.1, 0.15) is 4.88 Å². The number of carbonyl (C=O) groups is 2. The summed E-state index contributed by atoms with van der Waals surface area (Å²) in [6.07, 6.45) is 4.41. The van der Waals surface area contributed by atoms with Crippen molar-refractivity contribution in [3.63, 3.8) is 0 Å². The number of amides is 1. The fraction of sp³-hybridized carbons (Fsp3) is 0.667. The Morgan fingerprint density at radius 3 is 2.58 bits per heavy atom. The molecule has 7 heteroatoms. The van der Waals surface area contributed by atoms with Gasteiger partial charge in [0.25, 0.3) is 5.91 Å². The lowest BCUT2D eigenvalue weighted by atomic mass is 9.79. The van der Waals surface area contributed by atoms with Crippen molar-refractivity contribution in [3.05, 3.63) is 10.6 Å². The van der Waals surface area contributed by atoms with Crippen LogP contribution in [0.25, 0.3) is 0 Å². The molecule has 1 heterocycles. The van der Waals surface area contributed by atoms with E-state index in [1.165, 1.54) is 0 Å². The van der Waals surface area contributed by atoms with Crippen molar-refractivity contribution < 1.29 is 14.7 Å². The van der Waals surface area contributed by atoms with Gasteiger partial charge in [-0.15, -0.1) is 5.10 Å². The second-order valence-electron chi connectivity index (χ2n) is 5.05. The molecule has 0 atom stereocenters. The monoisotopic (exact) mass is 283 g/mol. The van der Waals surface area contributed by atoms with E-state index in [1.807, 2.05) is 0 Å². The van der Waals surface area contributed by atoms with Gasteiger partial charge < -0.3 is 10.4 Å². The van der Waals surface area contributed by atoms with Gasteiger partial charge in [-0.2, -0.15) is 0 Å². The molecule has 0 saturated heterocycles. The van der Waals surface area contributed by atoms with Gasteiger partial charge in [-0.05, 0) is 31.3 Å². The first-order chi connectivity index (χ1) is 9.02. The zero-order chi connectivity index (χ0) is 13.9. The number of carboxylic acid groups (broad SMARTS) is 1. The normalized spacial score (nSPS) is 17.9. The number of aliphatic carboxylic acids is 1. The first kappa shape index (κ1) is 13.9. The molecule has 6 nitrogen and oxygen atoms in total. The van der Waals surface area contributed by atoms with Gasteiger partial charge in [0.15, 0.2) is 0 Å². The van der Waals surface area contributed by atoms with Crippen molar-refractivity contribution in [2.24, 2.45) is 0 Å². The van der Waals surface area contributed by atoms with E-state index in [0.29, 0.717) is 10.6 Å². The Kier molecular flexibility index (Phi) is 4.14. The summed E-state index contributed by atoms with van der Waals surface area (Å²) in [5, 5.41) is 15.8. The highest BCUT2D eigenvalue weighted by molar-refractivity contribution is 7.08. The number of nitrogens with zero attached hydrogens (tertiary/aromatic N) is 2. The van der Waals surface area contributed by atoms with E-state index in [9.17, 15) is 9.59 Å². The van der Waals surface area contributed by atoms with Crippen LogP contribution in [0.5, 0.6) is 0 Å². The predicted octanol–water partition coefficient (Wildman–Crippen LogP) is 1.75. The largest absolute Gasteiger partial charge is 0.481 e. The van der Waals surface area contributed by atoms with E-state index in [1.54, 1.807) is 6.92 Å². The average Bonchev–Trinajstić information content (AvgIpc) is 2.75. The third-order valence-electron chi connectivity index (χ3n) is 3.54. The van der Waals surface area contributed by atoms with Gasteiger partial charge in [0.05, 0.1) is 17.7 Å². The summed E-state index contributed by atoms with van der Waals surface area (Å²) in [6, 6.07) is 0. The van der Waals surface area contributed by atoms with Gasteiger partial charge in [0.2, 0.25) is 0 Å². The fourth-order valence-electron chi connectivity index (χ4n) is 2.60. The van der Waals surface area contributed by atoms with Crippen LogP contribution < -0.4 is 5.32 Å². The maximum atomic E-state index is 12.2. The molecular weight excluding hydrogens is 266 g/mol. The van der Waals surface area contributed by atoms with E-state index < -0.39 is 11.5 Å². The second-order valence-corrected chi connectivity index (χ2v) is 5.81. The van der Waals surface area contributed by atoms with Crippen molar-refractivity contribution in [1.29, 1.82) is 0 Å². The zero-order valence-corrected chi connectivity index (χ0v) is 11.6. The van der Waals surface area contributed by atoms with Crippen LogP contribution in [0.4, 0.5) is 0 Å². The minimum absolute atomic E-state index is 0.0238. The average molecular weight is 283 g/mol. The number of hydrogen-bond acceptors (Lipinski definition) is 5. The summed E-state index contributed by atoms with van der Waals surface area (Å²) >= 11 is 1.04. The standard InChI is InChI=1S/C12H17N3O3S/c1-8-10(19-15-14-8)11(18)13-12(7-9(16)17)5-3-2-4-6-12/h2-7H2,1H3,(H,13,18)(H,16,17). The van der Waals surface area contributed by atoms with Crippen molar-refractivity contribution in [1.82, 2.24) is 14.9 Å². The van der Waals surface area contributed by atoms with E-state index in [0.717, 1.165) is 43.6 Å². The number of nitrogens with one attached hydrogen (secondary N) is 1. The van der Waals surface area contributed by atoms with Gasteiger partial charge in [0, 0.05) is 0 Å². The lowest BCUT2D eigenvalue weighted by Gasteiger charge is -2.36. The molecule has 2 rings (SSSR count). The predicted molar refractivity (Wildman–Crippen MR) is 70.2 cm³/mol. The van der Waals surface area contributed by atoms with Crippen LogP contribution in [0.3, 0.4) is 0 Å². The Labute approximate surface area is 115 Å². The third kappa shape index (κ3) is 3.28. The van der Waals surface area contributed by atoms with Crippen LogP contribution in [0.1, 0.15) is 53.9 Å². The highest BCUT2D eigenvalue weighted by Gasteiger charge is 2.36. The molecule has 1 aliphatic carbocycles. The first-order valence-electron chi connectivity index (χ1n) is 6.36. The number of aryl methyl sites for hydroxylation is 1. The Morgan fingerprint density at radius 2 is 2.05 bits per heavy atom. The maximum absolute atomic E-state index is 12.2. The number of hydrogen-bond donors (Lipinski definition) is 2. The molecule has 1 aromatic rings. The third-order valence-corrected chi connectivity index (χ3v) is 4.36. The van der Waals surface area contributed by atoms with Crippen molar-refractivity contribution >= 4 is 23.4 Å². The molecule has 0 unspecified atom stereocenters. The lowest BCUT2D eigenvalue weighted by molar-refractivity contribution is -0.139.